The highest BCUT2D eigenvalue weighted by Crippen LogP contribution is 2.39. The van der Waals surface area contributed by atoms with E-state index in [1.54, 1.807) is 12.1 Å². The van der Waals surface area contributed by atoms with Crippen molar-refractivity contribution < 1.29 is 13.2 Å². The average Bonchev–Trinajstić information content (AvgIpc) is 2.01. The van der Waals surface area contributed by atoms with Gasteiger partial charge in [-0.3, -0.25) is 0 Å². The summed E-state index contributed by atoms with van der Waals surface area (Å²) < 4.78 is 36.9. The Morgan fingerprint density at radius 2 is 2.00 bits per heavy atom. The Kier molecular flexibility index (Phi) is 3.86. The van der Waals surface area contributed by atoms with Crippen molar-refractivity contribution in [3.63, 3.8) is 0 Å². The minimum Gasteiger partial charge on any atom is -0.326 e. The molecule has 0 saturated heterocycles. The summed E-state index contributed by atoms with van der Waals surface area (Å²) in [4.78, 5) is 0.148. The molecule has 0 aliphatic carbocycles. The number of hydrogen-bond donors (Lipinski definition) is 1. The lowest BCUT2D eigenvalue weighted by molar-refractivity contribution is -0.0328. The molecular formula is C8H7BrF3NS. The molecule has 0 atom stereocenters. The van der Waals surface area contributed by atoms with Gasteiger partial charge in [0.25, 0.3) is 0 Å². The molecule has 0 spiro atoms. The number of rotatable bonds is 2. The molecule has 1 rings (SSSR count). The molecule has 0 radical (unpaired) electrons. The van der Waals surface area contributed by atoms with Crippen molar-refractivity contribution in [3.8, 4) is 0 Å². The molecule has 0 fully saturated rings. The number of alkyl halides is 3. The van der Waals surface area contributed by atoms with Crippen molar-refractivity contribution in [2.75, 3.05) is 0 Å². The number of halogens is 4. The van der Waals surface area contributed by atoms with E-state index in [4.69, 9.17) is 5.73 Å². The Balaban J connectivity index is 2.99. The van der Waals surface area contributed by atoms with Crippen LogP contribution in [0.1, 0.15) is 5.56 Å². The summed E-state index contributed by atoms with van der Waals surface area (Å²) in [6.07, 6.45) is 0. The first-order valence-electron chi connectivity index (χ1n) is 3.66. The maximum absolute atomic E-state index is 12.1. The standard InChI is InChI=1S/C8H7BrF3NS/c9-6-2-1-5(4-13)7(3-6)14-8(10,11)12/h1-3H,4,13H2. The quantitative estimate of drug-likeness (QED) is 0.842. The molecule has 0 aliphatic heterocycles. The first kappa shape index (κ1) is 11.9. The molecular weight excluding hydrogens is 279 g/mol. The minimum absolute atomic E-state index is 0.103. The lowest BCUT2D eigenvalue weighted by Crippen LogP contribution is -2.04. The van der Waals surface area contributed by atoms with Crippen LogP contribution in [0.2, 0.25) is 0 Å². The number of nitrogens with two attached hydrogens (primary N) is 1. The van der Waals surface area contributed by atoms with Crippen molar-refractivity contribution in [1.82, 2.24) is 0 Å². The monoisotopic (exact) mass is 285 g/mol. The van der Waals surface area contributed by atoms with Crippen molar-refractivity contribution in [3.05, 3.63) is 28.2 Å². The maximum Gasteiger partial charge on any atom is 0.446 e. The molecule has 1 nitrogen and oxygen atoms in total. The third-order valence-corrected chi connectivity index (χ3v) is 2.80. The molecule has 6 heteroatoms. The molecule has 0 unspecified atom stereocenters. The molecule has 1 aromatic rings. The number of hydrogen-bond acceptors (Lipinski definition) is 2. The van der Waals surface area contributed by atoms with Crippen LogP contribution >= 0.6 is 27.7 Å². The van der Waals surface area contributed by atoms with Gasteiger partial charge >= 0.3 is 5.51 Å². The third kappa shape index (κ3) is 3.51. The predicted molar refractivity (Wildman–Crippen MR) is 53.9 cm³/mol. The van der Waals surface area contributed by atoms with Crippen molar-refractivity contribution >= 4 is 27.7 Å². The van der Waals surface area contributed by atoms with E-state index in [2.05, 4.69) is 15.9 Å². The highest BCUT2D eigenvalue weighted by Gasteiger charge is 2.30. The Morgan fingerprint density at radius 3 is 2.50 bits per heavy atom. The van der Waals surface area contributed by atoms with Gasteiger partial charge < -0.3 is 5.73 Å². The second-order valence-electron chi connectivity index (χ2n) is 2.50. The van der Waals surface area contributed by atoms with Crippen LogP contribution in [-0.4, -0.2) is 5.51 Å². The highest BCUT2D eigenvalue weighted by molar-refractivity contribution is 9.10. The second kappa shape index (κ2) is 4.55. The normalized spacial score (nSPS) is 11.8. The largest absolute Gasteiger partial charge is 0.446 e. The van der Waals surface area contributed by atoms with E-state index in [1.165, 1.54) is 6.07 Å². The lowest BCUT2D eigenvalue weighted by Gasteiger charge is -2.09. The van der Waals surface area contributed by atoms with Gasteiger partial charge in [-0.25, -0.2) is 0 Å². The van der Waals surface area contributed by atoms with Crippen LogP contribution in [-0.2, 0) is 6.54 Å². The average molecular weight is 286 g/mol. The van der Waals surface area contributed by atoms with Crippen LogP contribution < -0.4 is 5.73 Å². The van der Waals surface area contributed by atoms with E-state index in [-0.39, 0.29) is 23.2 Å². The van der Waals surface area contributed by atoms with Gasteiger partial charge in [0.05, 0.1) is 0 Å². The molecule has 0 bridgehead atoms. The van der Waals surface area contributed by atoms with Crippen LogP contribution in [0.5, 0.6) is 0 Å². The maximum atomic E-state index is 12.1. The number of benzene rings is 1. The SMILES string of the molecule is NCc1ccc(Br)cc1SC(F)(F)F. The third-order valence-electron chi connectivity index (χ3n) is 1.47. The molecule has 0 saturated carbocycles. The molecule has 14 heavy (non-hydrogen) atoms. The molecule has 0 amide bonds. The first-order valence-corrected chi connectivity index (χ1v) is 5.27. The fourth-order valence-corrected chi connectivity index (χ4v) is 2.15. The topological polar surface area (TPSA) is 26.0 Å². The van der Waals surface area contributed by atoms with Crippen molar-refractivity contribution in [2.45, 2.75) is 16.9 Å². The summed E-state index contributed by atoms with van der Waals surface area (Å²) in [6, 6.07) is 4.67. The number of thioether (sulfide) groups is 1. The first-order chi connectivity index (χ1) is 6.42. The van der Waals surface area contributed by atoms with Crippen LogP contribution in [0.4, 0.5) is 13.2 Å². The lowest BCUT2D eigenvalue weighted by atomic mass is 10.2. The molecule has 1 aromatic carbocycles. The molecule has 0 aliphatic rings. The van der Waals surface area contributed by atoms with E-state index in [9.17, 15) is 13.2 Å². The summed E-state index contributed by atoms with van der Waals surface area (Å²) in [7, 11) is 0. The Hall–Kier alpha value is -0.200. The summed E-state index contributed by atoms with van der Waals surface area (Å²) in [5.41, 5.74) is 1.55. The van der Waals surface area contributed by atoms with Crippen LogP contribution in [0.25, 0.3) is 0 Å². The Morgan fingerprint density at radius 1 is 1.36 bits per heavy atom. The molecule has 2 N–H and O–H groups in total. The predicted octanol–water partition coefficient (Wildman–Crippen LogP) is 3.52. The van der Waals surface area contributed by atoms with E-state index >= 15 is 0 Å². The van der Waals surface area contributed by atoms with E-state index < -0.39 is 5.51 Å². The van der Waals surface area contributed by atoms with Crippen LogP contribution in [0.15, 0.2) is 27.6 Å². The van der Waals surface area contributed by atoms with Crippen LogP contribution in [0, 0.1) is 0 Å². The molecule has 0 aromatic heterocycles. The zero-order valence-electron chi connectivity index (χ0n) is 6.94. The summed E-state index contributed by atoms with van der Waals surface area (Å²) in [5, 5.41) is 0. The summed E-state index contributed by atoms with van der Waals surface area (Å²) in [5.74, 6) is 0. The second-order valence-corrected chi connectivity index (χ2v) is 4.53. The smallest absolute Gasteiger partial charge is 0.326 e. The minimum atomic E-state index is -4.27. The van der Waals surface area contributed by atoms with Gasteiger partial charge in [-0.1, -0.05) is 22.0 Å². The van der Waals surface area contributed by atoms with Crippen LogP contribution in [0.3, 0.4) is 0 Å². The van der Waals surface area contributed by atoms with Gasteiger partial charge in [0, 0.05) is 15.9 Å². The molecule has 78 valence electrons. The Labute approximate surface area is 92.0 Å². The fraction of sp³-hybridized carbons (Fsp3) is 0.250. The van der Waals surface area contributed by atoms with Gasteiger partial charge in [0.1, 0.15) is 0 Å². The van der Waals surface area contributed by atoms with Gasteiger partial charge in [-0.15, -0.1) is 0 Å². The van der Waals surface area contributed by atoms with Crippen molar-refractivity contribution in [2.24, 2.45) is 5.73 Å². The zero-order chi connectivity index (χ0) is 10.8. The Bertz CT molecular complexity index is 327. The highest BCUT2D eigenvalue weighted by atomic mass is 79.9. The summed E-state index contributed by atoms with van der Waals surface area (Å²) >= 11 is 2.97. The fourth-order valence-electron chi connectivity index (χ4n) is 0.917. The van der Waals surface area contributed by atoms with E-state index in [0.717, 1.165) is 0 Å². The van der Waals surface area contributed by atoms with Gasteiger partial charge in [-0.2, -0.15) is 13.2 Å². The van der Waals surface area contributed by atoms with Gasteiger partial charge in [0.2, 0.25) is 0 Å². The summed E-state index contributed by atoms with van der Waals surface area (Å²) in [6.45, 7) is 0.103. The van der Waals surface area contributed by atoms with Gasteiger partial charge in [0.15, 0.2) is 0 Å². The molecule has 0 heterocycles. The van der Waals surface area contributed by atoms with E-state index in [0.29, 0.717) is 10.0 Å². The van der Waals surface area contributed by atoms with Crippen molar-refractivity contribution in [1.29, 1.82) is 0 Å². The van der Waals surface area contributed by atoms with Gasteiger partial charge in [-0.05, 0) is 29.5 Å². The zero-order valence-corrected chi connectivity index (χ0v) is 9.34. The van der Waals surface area contributed by atoms with E-state index in [1.807, 2.05) is 0 Å².